The molecule has 9 heavy (non-hydrogen) atoms. The number of hydrogen-bond acceptors (Lipinski definition) is 3. The zero-order valence-electron chi connectivity index (χ0n) is 5.26. The van der Waals surface area contributed by atoms with E-state index in [1.165, 1.54) is 7.41 Å². The van der Waals surface area contributed by atoms with Gasteiger partial charge in [0.25, 0.3) is 7.41 Å². The van der Waals surface area contributed by atoms with Gasteiger partial charge in [0.05, 0.1) is 6.19 Å². The lowest BCUT2D eigenvalue weighted by atomic mass is 9.96. The summed E-state index contributed by atoms with van der Waals surface area (Å²) < 4.78 is 0. The van der Waals surface area contributed by atoms with Gasteiger partial charge in [-0.1, -0.05) is 0 Å². The molecular formula is C5H10BN2O. The molecule has 1 atom stereocenters. The first-order valence-corrected chi connectivity index (χ1v) is 3.17. The van der Waals surface area contributed by atoms with Crippen LogP contribution in [-0.4, -0.2) is 32.7 Å². The molecule has 0 spiro atoms. The van der Waals surface area contributed by atoms with Gasteiger partial charge in [0.2, 0.25) is 0 Å². The van der Waals surface area contributed by atoms with Crippen molar-refractivity contribution in [1.29, 1.82) is 0 Å². The molecule has 1 saturated heterocycles. The molecule has 1 aliphatic heterocycles. The van der Waals surface area contributed by atoms with E-state index in [1.54, 1.807) is 0 Å². The largest absolute Gasteiger partial charge is 0.350 e. The van der Waals surface area contributed by atoms with Gasteiger partial charge in [-0.25, -0.2) is 0 Å². The molecule has 1 fully saturated rings. The summed E-state index contributed by atoms with van der Waals surface area (Å²) in [6.45, 7) is 2.04. The Balaban J connectivity index is 2.04. The van der Waals surface area contributed by atoms with Crippen molar-refractivity contribution < 1.29 is 4.79 Å². The molecule has 1 aliphatic rings. The highest BCUT2D eigenvalue weighted by atomic mass is 16.1. The van der Waals surface area contributed by atoms with Gasteiger partial charge in [0.15, 0.2) is 0 Å². The van der Waals surface area contributed by atoms with Crippen LogP contribution in [0.15, 0.2) is 0 Å². The lowest BCUT2D eigenvalue weighted by molar-refractivity contribution is 0.566. The van der Waals surface area contributed by atoms with E-state index in [9.17, 15) is 4.79 Å². The summed E-state index contributed by atoms with van der Waals surface area (Å²) in [5, 5.41) is 6.16. The van der Waals surface area contributed by atoms with Crippen LogP contribution in [0, 0.1) is 0 Å². The summed E-state index contributed by atoms with van der Waals surface area (Å²) in [5.41, 5.74) is 0. The van der Waals surface area contributed by atoms with Crippen LogP contribution in [0.2, 0.25) is 0 Å². The van der Waals surface area contributed by atoms with Crippen LogP contribution < -0.4 is 10.5 Å². The maximum atomic E-state index is 9.82. The molecule has 0 bridgehead atoms. The van der Waals surface area contributed by atoms with E-state index in [1.807, 2.05) is 0 Å². The van der Waals surface area contributed by atoms with E-state index in [4.69, 9.17) is 0 Å². The molecule has 0 aliphatic carbocycles. The topological polar surface area (TPSA) is 41.1 Å². The third kappa shape index (κ3) is 2.16. The lowest BCUT2D eigenvalue weighted by Gasteiger charge is -2.05. The molecular weight excluding hydrogens is 115 g/mol. The van der Waals surface area contributed by atoms with Crippen molar-refractivity contribution in [1.82, 2.24) is 10.5 Å². The molecule has 0 amide bonds. The van der Waals surface area contributed by atoms with Gasteiger partial charge in [-0.3, -0.25) is 0 Å². The van der Waals surface area contributed by atoms with E-state index in [2.05, 4.69) is 10.5 Å². The monoisotopic (exact) mass is 125 g/mol. The maximum absolute atomic E-state index is 9.82. The van der Waals surface area contributed by atoms with Gasteiger partial charge in [-0.2, -0.15) is 0 Å². The first-order chi connectivity index (χ1) is 4.43. The Morgan fingerprint density at radius 1 is 1.78 bits per heavy atom. The Labute approximate surface area is 55.5 Å². The first-order valence-electron chi connectivity index (χ1n) is 3.17. The predicted molar refractivity (Wildman–Crippen MR) is 36.9 cm³/mol. The van der Waals surface area contributed by atoms with E-state index in [0.29, 0.717) is 6.04 Å². The molecule has 1 radical (unpaired) electrons. The summed E-state index contributed by atoms with van der Waals surface area (Å²) in [5.74, 6) is 0. The fraction of sp³-hybridized carbons (Fsp3) is 0.800. The van der Waals surface area contributed by atoms with Crippen molar-refractivity contribution in [3.8, 4) is 0 Å². The molecule has 3 nitrogen and oxygen atoms in total. The number of nitrogens with one attached hydrogen (secondary N) is 2. The van der Waals surface area contributed by atoms with E-state index >= 15 is 0 Å². The van der Waals surface area contributed by atoms with Gasteiger partial charge in [-0.05, 0) is 13.0 Å². The van der Waals surface area contributed by atoms with Crippen LogP contribution in [0.4, 0.5) is 0 Å². The second-order valence-electron chi connectivity index (χ2n) is 2.16. The third-order valence-corrected chi connectivity index (χ3v) is 1.46. The number of carbonyl (C=O) groups is 1. The highest BCUT2D eigenvalue weighted by molar-refractivity contribution is 6.64. The van der Waals surface area contributed by atoms with Gasteiger partial charge < -0.3 is 15.3 Å². The van der Waals surface area contributed by atoms with E-state index in [0.717, 1.165) is 25.7 Å². The normalized spacial score (nSPS) is 26.0. The van der Waals surface area contributed by atoms with E-state index in [-0.39, 0.29) is 0 Å². The molecule has 1 heterocycles. The van der Waals surface area contributed by atoms with Gasteiger partial charge in [-0.15, -0.1) is 0 Å². The molecule has 0 saturated carbocycles. The van der Waals surface area contributed by atoms with Crippen molar-refractivity contribution in [2.75, 3.05) is 13.1 Å². The van der Waals surface area contributed by atoms with Crippen molar-refractivity contribution in [2.24, 2.45) is 0 Å². The third-order valence-electron chi connectivity index (χ3n) is 1.46. The molecule has 49 valence electrons. The van der Waals surface area contributed by atoms with Gasteiger partial charge in [0.1, 0.15) is 0 Å². The van der Waals surface area contributed by atoms with Crippen LogP contribution in [0.25, 0.3) is 0 Å². The molecule has 1 rings (SSSR count). The van der Waals surface area contributed by atoms with Crippen LogP contribution in [0.5, 0.6) is 0 Å². The van der Waals surface area contributed by atoms with E-state index < -0.39 is 0 Å². The summed E-state index contributed by atoms with van der Waals surface area (Å²) in [6.07, 6.45) is 1.89. The molecule has 0 unspecified atom stereocenters. The lowest BCUT2D eigenvalue weighted by Crippen LogP contribution is -2.34. The number of rotatable bonds is 3. The zero-order chi connectivity index (χ0) is 6.53. The first kappa shape index (κ1) is 6.77. The Morgan fingerprint density at radius 3 is 3.22 bits per heavy atom. The minimum atomic E-state index is 0.468. The Morgan fingerprint density at radius 2 is 2.67 bits per heavy atom. The quantitative estimate of drug-likeness (QED) is 0.365. The summed E-state index contributed by atoms with van der Waals surface area (Å²) >= 11 is 0. The zero-order valence-corrected chi connectivity index (χ0v) is 5.26. The van der Waals surface area contributed by atoms with Crippen LogP contribution in [0.3, 0.4) is 0 Å². The highest BCUT2D eigenvalue weighted by Gasteiger charge is 2.12. The fourth-order valence-corrected chi connectivity index (χ4v) is 0.972. The smallest absolute Gasteiger partial charge is 0.290 e. The van der Waals surface area contributed by atoms with Crippen molar-refractivity contribution >= 4 is 13.6 Å². The average Bonchev–Trinajstić information content (AvgIpc) is 2.34. The Bertz CT molecular complexity index is 93.0. The second-order valence-corrected chi connectivity index (χ2v) is 2.16. The Hall–Kier alpha value is -0.345. The SMILES string of the molecule is O=C[B]N[C@H]1CCNC1. The Kier molecular flexibility index (Phi) is 2.74. The number of carbonyl (C=O) groups excluding carboxylic acids is 1. The summed E-state index contributed by atoms with van der Waals surface area (Å²) in [7, 11) is 1.46. The molecule has 0 aromatic heterocycles. The average molecular weight is 125 g/mol. The minimum Gasteiger partial charge on any atom is -0.350 e. The van der Waals surface area contributed by atoms with Crippen molar-refractivity contribution in [3.05, 3.63) is 0 Å². The van der Waals surface area contributed by atoms with Crippen LogP contribution in [0.1, 0.15) is 6.42 Å². The van der Waals surface area contributed by atoms with Crippen molar-refractivity contribution in [3.63, 3.8) is 0 Å². The number of hydrogen-bond donors (Lipinski definition) is 2. The van der Waals surface area contributed by atoms with Gasteiger partial charge >= 0.3 is 0 Å². The highest BCUT2D eigenvalue weighted by Crippen LogP contribution is 1.94. The molecule has 0 aromatic carbocycles. The molecule has 0 aromatic rings. The van der Waals surface area contributed by atoms with Crippen LogP contribution >= 0.6 is 0 Å². The standard InChI is InChI=1S/C5H10BN2O/c9-4-6-8-5-1-2-7-3-5/h4-5,7-8H,1-3H2/t5-/m0/s1. The molecule has 2 N–H and O–H groups in total. The summed E-state index contributed by atoms with van der Waals surface area (Å²) in [6, 6.07) is 0.468. The summed E-state index contributed by atoms with van der Waals surface area (Å²) in [4.78, 5) is 9.82. The van der Waals surface area contributed by atoms with Crippen molar-refractivity contribution in [2.45, 2.75) is 12.5 Å². The fourth-order valence-electron chi connectivity index (χ4n) is 0.972. The second kappa shape index (κ2) is 3.64. The maximum Gasteiger partial charge on any atom is 0.290 e. The predicted octanol–water partition coefficient (Wildman–Crippen LogP) is -1.25. The minimum absolute atomic E-state index is 0.468. The molecule has 4 heteroatoms. The van der Waals surface area contributed by atoms with Crippen LogP contribution in [-0.2, 0) is 4.79 Å². The van der Waals surface area contributed by atoms with Gasteiger partial charge in [0, 0.05) is 12.6 Å².